The Labute approximate surface area is 158 Å². The van der Waals surface area contributed by atoms with Crippen molar-refractivity contribution in [1.29, 1.82) is 0 Å². The predicted molar refractivity (Wildman–Crippen MR) is 99.5 cm³/mol. The molecule has 128 valence electrons. The van der Waals surface area contributed by atoms with Crippen LogP contribution in [0.5, 0.6) is 5.75 Å². The van der Waals surface area contributed by atoms with Gasteiger partial charge in [0.2, 0.25) is 0 Å². The van der Waals surface area contributed by atoms with Crippen molar-refractivity contribution in [2.45, 2.75) is 6.54 Å². The maximum absolute atomic E-state index is 12.5. The SMILES string of the molecule is COc1c(Cl)ccc(Cl)c1C(=O)NCc1nc(-c2ccncc2)cs1. The van der Waals surface area contributed by atoms with Gasteiger partial charge in [-0.25, -0.2) is 4.98 Å². The van der Waals surface area contributed by atoms with Crippen molar-refractivity contribution in [3.8, 4) is 17.0 Å². The summed E-state index contributed by atoms with van der Waals surface area (Å²) in [6.07, 6.45) is 3.42. The number of aromatic nitrogens is 2. The highest BCUT2D eigenvalue weighted by molar-refractivity contribution is 7.09. The standard InChI is InChI=1S/C17H13Cl2N3O2S/c1-24-16-12(19)3-2-11(18)15(16)17(23)21-8-14-22-13(9-25-14)10-4-6-20-7-5-10/h2-7,9H,8H2,1H3,(H,21,23). The van der Waals surface area contributed by atoms with Gasteiger partial charge in [-0.05, 0) is 24.3 Å². The average molecular weight is 394 g/mol. The number of thiazole rings is 1. The zero-order valence-electron chi connectivity index (χ0n) is 13.1. The summed E-state index contributed by atoms with van der Waals surface area (Å²) in [7, 11) is 1.44. The maximum Gasteiger partial charge on any atom is 0.256 e. The van der Waals surface area contributed by atoms with Gasteiger partial charge in [-0.3, -0.25) is 9.78 Å². The Hall–Kier alpha value is -2.15. The van der Waals surface area contributed by atoms with Crippen LogP contribution in [-0.2, 0) is 6.54 Å². The molecule has 1 N–H and O–H groups in total. The summed E-state index contributed by atoms with van der Waals surface area (Å²) in [5.41, 5.74) is 2.03. The van der Waals surface area contributed by atoms with Crippen molar-refractivity contribution < 1.29 is 9.53 Å². The zero-order valence-corrected chi connectivity index (χ0v) is 15.5. The maximum atomic E-state index is 12.5. The van der Waals surface area contributed by atoms with Gasteiger partial charge in [-0.2, -0.15) is 0 Å². The highest BCUT2D eigenvalue weighted by Gasteiger charge is 2.19. The monoisotopic (exact) mass is 393 g/mol. The highest BCUT2D eigenvalue weighted by Crippen LogP contribution is 2.33. The first-order valence-electron chi connectivity index (χ1n) is 7.25. The number of hydrogen-bond acceptors (Lipinski definition) is 5. The predicted octanol–water partition coefficient (Wildman–Crippen LogP) is 4.45. The smallest absolute Gasteiger partial charge is 0.256 e. The molecule has 0 radical (unpaired) electrons. The molecule has 0 fully saturated rings. The second-order valence-corrected chi connectivity index (χ2v) is 6.74. The first-order chi connectivity index (χ1) is 12.1. The summed E-state index contributed by atoms with van der Waals surface area (Å²) in [6, 6.07) is 6.91. The lowest BCUT2D eigenvalue weighted by Gasteiger charge is -2.11. The van der Waals surface area contributed by atoms with Crippen molar-refractivity contribution in [2.24, 2.45) is 0 Å². The minimum Gasteiger partial charge on any atom is -0.494 e. The fraction of sp³-hybridized carbons (Fsp3) is 0.118. The number of methoxy groups -OCH3 is 1. The third kappa shape index (κ3) is 3.92. The minimum absolute atomic E-state index is 0.211. The molecule has 8 heteroatoms. The molecule has 5 nitrogen and oxygen atoms in total. The largest absolute Gasteiger partial charge is 0.494 e. The van der Waals surface area contributed by atoms with Gasteiger partial charge in [0.05, 0.1) is 29.4 Å². The summed E-state index contributed by atoms with van der Waals surface area (Å²) < 4.78 is 5.20. The molecule has 1 aromatic carbocycles. The topological polar surface area (TPSA) is 64.1 Å². The van der Waals surface area contributed by atoms with Crippen LogP contribution in [0.4, 0.5) is 0 Å². The number of halogens is 2. The van der Waals surface area contributed by atoms with Crippen LogP contribution in [0, 0.1) is 0 Å². The summed E-state index contributed by atoms with van der Waals surface area (Å²) in [5.74, 6) is -0.117. The molecule has 0 spiro atoms. The lowest BCUT2D eigenvalue weighted by atomic mass is 10.2. The summed E-state index contributed by atoms with van der Waals surface area (Å²) in [4.78, 5) is 21.0. The number of nitrogens with zero attached hydrogens (tertiary/aromatic N) is 2. The van der Waals surface area contributed by atoms with Gasteiger partial charge in [0.15, 0.2) is 5.75 Å². The number of rotatable bonds is 5. The molecule has 1 amide bonds. The number of hydrogen-bond donors (Lipinski definition) is 1. The van der Waals surface area contributed by atoms with Gasteiger partial charge >= 0.3 is 0 Å². The fourth-order valence-corrected chi connectivity index (χ4v) is 3.45. The average Bonchev–Trinajstić information content (AvgIpc) is 3.11. The van der Waals surface area contributed by atoms with E-state index in [4.69, 9.17) is 27.9 Å². The molecular formula is C17H13Cl2N3O2S. The van der Waals surface area contributed by atoms with Gasteiger partial charge < -0.3 is 10.1 Å². The second-order valence-electron chi connectivity index (χ2n) is 4.98. The molecule has 0 aliphatic rings. The molecule has 0 aliphatic heterocycles. The third-order valence-electron chi connectivity index (χ3n) is 3.42. The molecule has 2 aromatic heterocycles. The van der Waals surface area contributed by atoms with Crippen molar-refractivity contribution in [2.75, 3.05) is 7.11 Å². The van der Waals surface area contributed by atoms with Gasteiger partial charge in [0.1, 0.15) is 10.6 Å². The van der Waals surface area contributed by atoms with Gasteiger partial charge in [-0.15, -0.1) is 11.3 Å². The Morgan fingerprint density at radius 2 is 1.92 bits per heavy atom. The normalized spacial score (nSPS) is 10.5. The molecule has 2 heterocycles. The molecule has 0 bridgehead atoms. The van der Waals surface area contributed by atoms with E-state index >= 15 is 0 Å². The molecule has 0 saturated heterocycles. The molecular weight excluding hydrogens is 381 g/mol. The van der Waals surface area contributed by atoms with E-state index in [9.17, 15) is 4.79 Å². The molecule has 3 aromatic rings. The van der Waals surface area contributed by atoms with Crippen LogP contribution in [-0.4, -0.2) is 23.0 Å². The van der Waals surface area contributed by atoms with Gasteiger partial charge in [0.25, 0.3) is 5.91 Å². The molecule has 3 rings (SSSR count). The zero-order chi connectivity index (χ0) is 17.8. The van der Waals surface area contributed by atoms with Crippen LogP contribution in [0.2, 0.25) is 10.0 Å². The van der Waals surface area contributed by atoms with Crippen LogP contribution in [0.1, 0.15) is 15.4 Å². The van der Waals surface area contributed by atoms with Crippen LogP contribution < -0.4 is 10.1 Å². The van der Waals surface area contributed by atoms with Crippen molar-refractivity contribution in [3.05, 3.63) is 62.7 Å². The van der Waals surface area contributed by atoms with E-state index in [2.05, 4.69) is 15.3 Å². The number of carbonyl (C=O) groups excluding carboxylic acids is 1. The van der Waals surface area contributed by atoms with Crippen LogP contribution in [0.15, 0.2) is 42.0 Å². The lowest BCUT2D eigenvalue weighted by molar-refractivity contribution is 0.0948. The van der Waals surface area contributed by atoms with E-state index in [1.165, 1.54) is 18.4 Å². The number of benzene rings is 1. The van der Waals surface area contributed by atoms with Crippen LogP contribution in [0.25, 0.3) is 11.3 Å². The summed E-state index contributed by atoms with van der Waals surface area (Å²) in [6.45, 7) is 0.278. The van der Waals surface area contributed by atoms with E-state index in [0.717, 1.165) is 16.3 Å². The minimum atomic E-state index is -0.370. The van der Waals surface area contributed by atoms with E-state index in [1.54, 1.807) is 24.5 Å². The Morgan fingerprint density at radius 3 is 2.64 bits per heavy atom. The van der Waals surface area contributed by atoms with E-state index in [-0.39, 0.29) is 28.8 Å². The fourth-order valence-electron chi connectivity index (χ4n) is 2.24. The third-order valence-corrected chi connectivity index (χ3v) is 4.88. The first kappa shape index (κ1) is 17.7. The molecule has 0 unspecified atom stereocenters. The Bertz CT molecular complexity index is 900. The number of amides is 1. The molecule has 0 atom stereocenters. The van der Waals surface area contributed by atoms with Crippen molar-refractivity contribution in [3.63, 3.8) is 0 Å². The Morgan fingerprint density at radius 1 is 1.20 bits per heavy atom. The van der Waals surface area contributed by atoms with E-state index in [1.807, 2.05) is 17.5 Å². The van der Waals surface area contributed by atoms with Crippen LogP contribution in [0.3, 0.4) is 0 Å². The van der Waals surface area contributed by atoms with E-state index in [0.29, 0.717) is 5.02 Å². The number of nitrogens with one attached hydrogen (secondary N) is 1. The number of pyridine rings is 1. The Balaban J connectivity index is 1.74. The Kier molecular flexibility index (Phi) is 5.53. The quantitative estimate of drug-likeness (QED) is 0.695. The number of carbonyl (C=O) groups is 1. The van der Waals surface area contributed by atoms with Gasteiger partial charge in [-0.1, -0.05) is 23.2 Å². The van der Waals surface area contributed by atoms with E-state index < -0.39 is 0 Å². The number of ether oxygens (including phenoxy) is 1. The molecule has 0 aliphatic carbocycles. The van der Waals surface area contributed by atoms with Crippen LogP contribution >= 0.6 is 34.5 Å². The van der Waals surface area contributed by atoms with Gasteiger partial charge in [0, 0.05) is 23.3 Å². The first-order valence-corrected chi connectivity index (χ1v) is 8.88. The highest BCUT2D eigenvalue weighted by atomic mass is 35.5. The molecule has 25 heavy (non-hydrogen) atoms. The van der Waals surface area contributed by atoms with Crippen molar-refractivity contribution in [1.82, 2.24) is 15.3 Å². The molecule has 0 saturated carbocycles. The summed E-state index contributed by atoms with van der Waals surface area (Å²) >= 11 is 13.6. The lowest BCUT2D eigenvalue weighted by Crippen LogP contribution is -2.23. The second kappa shape index (κ2) is 7.82. The summed E-state index contributed by atoms with van der Waals surface area (Å²) in [5, 5.41) is 6.10. The van der Waals surface area contributed by atoms with Crippen molar-refractivity contribution >= 4 is 40.4 Å².